The fourth-order valence-corrected chi connectivity index (χ4v) is 5.49. The zero-order valence-corrected chi connectivity index (χ0v) is 19.0. The van der Waals surface area contributed by atoms with E-state index in [2.05, 4.69) is 10.3 Å². The molecule has 6 atom stereocenters. The molecule has 2 fully saturated rings. The molecule has 0 radical (unpaired) electrons. The van der Waals surface area contributed by atoms with Gasteiger partial charge >= 0.3 is 0 Å². The first-order valence-electron chi connectivity index (χ1n) is 10.8. The Bertz CT molecular complexity index is 745. The van der Waals surface area contributed by atoms with Crippen LogP contribution in [0, 0.1) is 32.1 Å². The van der Waals surface area contributed by atoms with Crippen LogP contribution in [0.5, 0.6) is 0 Å². The molecule has 6 unspecified atom stereocenters. The minimum absolute atomic E-state index is 0.0360. The SMILES string of the molecule is CC(=NO)C1CC(CCC2([N+](=O)[O-])CCC(C)(O)C(/C(C)=N/O)C2)([N+](=O)[O-])CCC1(C)O. The van der Waals surface area contributed by atoms with Crippen molar-refractivity contribution in [2.24, 2.45) is 22.1 Å². The molecule has 2 saturated carbocycles. The third-order valence-corrected chi connectivity index (χ3v) is 8.02. The highest BCUT2D eigenvalue weighted by Crippen LogP contribution is 2.48. The summed E-state index contributed by atoms with van der Waals surface area (Å²) < 4.78 is 0. The summed E-state index contributed by atoms with van der Waals surface area (Å²) in [7, 11) is 0. The summed E-state index contributed by atoms with van der Waals surface area (Å²) in [5.41, 5.74) is -5.27. The molecule has 0 heterocycles. The van der Waals surface area contributed by atoms with Crippen LogP contribution < -0.4 is 0 Å². The topological polar surface area (TPSA) is 192 Å². The lowest BCUT2D eigenvalue weighted by molar-refractivity contribution is -0.596. The molecule has 12 heteroatoms. The molecule has 0 saturated heterocycles. The van der Waals surface area contributed by atoms with Gasteiger partial charge in [-0.2, -0.15) is 0 Å². The number of nitro groups is 2. The molecule has 4 N–H and O–H groups in total. The van der Waals surface area contributed by atoms with Gasteiger partial charge in [0.2, 0.25) is 11.1 Å². The normalized spacial score (nSPS) is 41.3. The van der Waals surface area contributed by atoms with Gasteiger partial charge in [0.25, 0.3) is 0 Å². The van der Waals surface area contributed by atoms with Crippen molar-refractivity contribution in [3.63, 3.8) is 0 Å². The van der Waals surface area contributed by atoms with E-state index >= 15 is 0 Å². The van der Waals surface area contributed by atoms with Crippen molar-refractivity contribution in [3.8, 4) is 0 Å². The van der Waals surface area contributed by atoms with Crippen molar-refractivity contribution in [2.75, 3.05) is 0 Å². The van der Waals surface area contributed by atoms with E-state index in [1.54, 1.807) is 13.8 Å². The van der Waals surface area contributed by atoms with E-state index in [-0.39, 0.29) is 62.8 Å². The van der Waals surface area contributed by atoms with E-state index in [4.69, 9.17) is 0 Å². The first-order chi connectivity index (χ1) is 14.7. The molecule has 182 valence electrons. The second-order valence-corrected chi connectivity index (χ2v) is 10.2. The van der Waals surface area contributed by atoms with Crippen LogP contribution in [-0.4, -0.2) is 64.2 Å². The average Bonchev–Trinajstić information content (AvgIpc) is 2.72. The molecule has 2 aliphatic rings. The largest absolute Gasteiger partial charge is 0.411 e. The third-order valence-electron chi connectivity index (χ3n) is 8.02. The Balaban J connectivity index is 2.36. The molecule has 0 bridgehead atoms. The fraction of sp³-hybridized carbons (Fsp3) is 0.900. The van der Waals surface area contributed by atoms with Gasteiger partial charge in [-0.15, -0.1) is 0 Å². The predicted molar refractivity (Wildman–Crippen MR) is 114 cm³/mol. The standard InChI is InChI=1S/C20H34N4O8/c1-13(21-27)15-11-19(23(29)30,7-5-17(15,3)25)9-10-20(24(31)32)8-6-18(4,26)16(12-20)14(2)22-28/h15-16,25-28H,5-12H2,1-4H3/b21-13+,22-14?. The third kappa shape index (κ3) is 4.70. The second-order valence-electron chi connectivity index (χ2n) is 10.2. The average molecular weight is 459 g/mol. The summed E-state index contributed by atoms with van der Waals surface area (Å²) in [5, 5.41) is 70.4. The van der Waals surface area contributed by atoms with E-state index in [1.165, 1.54) is 13.8 Å². The monoisotopic (exact) mass is 458 g/mol. The summed E-state index contributed by atoms with van der Waals surface area (Å²) in [5.74, 6) is -1.52. The molecular weight excluding hydrogens is 424 g/mol. The van der Waals surface area contributed by atoms with Crippen LogP contribution in [-0.2, 0) is 0 Å². The predicted octanol–water partition coefficient (Wildman–Crippen LogP) is 2.60. The molecular formula is C20H34N4O8. The van der Waals surface area contributed by atoms with Gasteiger partial charge in [-0.05, 0) is 40.5 Å². The van der Waals surface area contributed by atoms with Crippen LogP contribution in [0.2, 0.25) is 0 Å². The van der Waals surface area contributed by atoms with Crippen LogP contribution in [0.3, 0.4) is 0 Å². The quantitative estimate of drug-likeness (QED) is 0.193. The van der Waals surface area contributed by atoms with Crippen molar-refractivity contribution >= 4 is 11.4 Å². The fourth-order valence-electron chi connectivity index (χ4n) is 5.49. The second kappa shape index (κ2) is 8.89. The Kier molecular flexibility index (Phi) is 7.20. The highest BCUT2D eigenvalue weighted by atomic mass is 16.6. The van der Waals surface area contributed by atoms with Gasteiger partial charge in [-0.1, -0.05) is 10.3 Å². The molecule has 0 spiro atoms. The van der Waals surface area contributed by atoms with Crippen LogP contribution in [0.15, 0.2) is 10.3 Å². The van der Waals surface area contributed by atoms with Crippen molar-refractivity contribution in [3.05, 3.63) is 20.2 Å². The number of nitrogens with zero attached hydrogens (tertiary/aromatic N) is 4. The number of hydrogen-bond donors (Lipinski definition) is 4. The summed E-state index contributed by atoms with van der Waals surface area (Å²) in [6.45, 7) is 6.05. The van der Waals surface area contributed by atoms with E-state index in [0.29, 0.717) is 0 Å². The number of oxime groups is 2. The highest BCUT2D eigenvalue weighted by molar-refractivity contribution is 5.85. The molecule has 2 aliphatic carbocycles. The molecule has 2 rings (SSSR count). The van der Waals surface area contributed by atoms with Crippen LogP contribution in [0.4, 0.5) is 0 Å². The first kappa shape index (κ1) is 25.9. The molecule has 0 aromatic heterocycles. The van der Waals surface area contributed by atoms with Crippen molar-refractivity contribution in [1.82, 2.24) is 0 Å². The Morgan fingerprint density at radius 1 is 0.812 bits per heavy atom. The van der Waals surface area contributed by atoms with Gasteiger partial charge in [0.05, 0.1) is 22.6 Å². The highest BCUT2D eigenvalue weighted by Gasteiger charge is 2.59. The van der Waals surface area contributed by atoms with Crippen molar-refractivity contribution in [2.45, 2.75) is 101 Å². The number of hydrogen-bond acceptors (Lipinski definition) is 10. The van der Waals surface area contributed by atoms with Gasteiger partial charge in [0.1, 0.15) is 0 Å². The Hall–Kier alpha value is -2.34. The Labute approximate surface area is 186 Å². The van der Waals surface area contributed by atoms with Crippen LogP contribution in [0.25, 0.3) is 0 Å². The van der Waals surface area contributed by atoms with Crippen LogP contribution >= 0.6 is 0 Å². The minimum Gasteiger partial charge on any atom is -0.411 e. The van der Waals surface area contributed by atoms with Crippen molar-refractivity contribution in [1.29, 1.82) is 0 Å². The van der Waals surface area contributed by atoms with Gasteiger partial charge in [-0.25, -0.2) is 0 Å². The van der Waals surface area contributed by atoms with Gasteiger partial charge in [0.15, 0.2) is 0 Å². The van der Waals surface area contributed by atoms with Gasteiger partial charge in [-0.3, -0.25) is 20.2 Å². The Morgan fingerprint density at radius 2 is 1.12 bits per heavy atom. The van der Waals surface area contributed by atoms with E-state index in [1.807, 2.05) is 0 Å². The lowest BCUT2D eigenvalue weighted by atomic mass is 9.61. The first-order valence-corrected chi connectivity index (χ1v) is 10.8. The summed E-state index contributed by atoms with van der Waals surface area (Å²) in [4.78, 5) is 23.5. The maximum Gasteiger partial charge on any atom is 0.223 e. The lowest BCUT2D eigenvalue weighted by Gasteiger charge is -2.45. The summed E-state index contributed by atoms with van der Waals surface area (Å²) in [6.07, 6.45) is -0.158. The molecule has 12 nitrogen and oxygen atoms in total. The summed E-state index contributed by atoms with van der Waals surface area (Å²) in [6, 6.07) is 0. The van der Waals surface area contributed by atoms with E-state index in [9.17, 15) is 40.9 Å². The lowest BCUT2D eigenvalue weighted by Crippen LogP contribution is -2.57. The van der Waals surface area contributed by atoms with Crippen molar-refractivity contribution < 1.29 is 30.5 Å². The summed E-state index contributed by atoms with van der Waals surface area (Å²) >= 11 is 0. The number of aliphatic hydroxyl groups is 2. The zero-order valence-electron chi connectivity index (χ0n) is 19.0. The Morgan fingerprint density at radius 3 is 1.38 bits per heavy atom. The van der Waals surface area contributed by atoms with Gasteiger partial charge in [0, 0.05) is 60.2 Å². The molecule has 0 aromatic rings. The molecule has 32 heavy (non-hydrogen) atoms. The maximum absolute atomic E-state index is 12.2. The minimum atomic E-state index is -1.52. The molecule has 0 aliphatic heterocycles. The number of rotatable bonds is 7. The van der Waals surface area contributed by atoms with E-state index in [0.717, 1.165) is 0 Å². The maximum atomic E-state index is 12.2. The smallest absolute Gasteiger partial charge is 0.223 e. The molecule has 0 aromatic carbocycles. The zero-order chi connectivity index (χ0) is 24.5. The van der Waals surface area contributed by atoms with Crippen LogP contribution in [0.1, 0.15) is 79.1 Å². The molecule has 0 amide bonds. The van der Waals surface area contributed by atoms with E-state index < -0.39 is 44.0 Å². The van der Waals surface area contributed by atoms with Gasteiger partial charge < -0.3 is 20.6 Å².